The van der Waals surface area contributed by atoms with Crippen LogP contribution in [0.1, 0.15) is 33.0 Å². The van der Waals surface area contributed by atoms with Gasteiger partial charge in [0.15, 0.2) is 5.78 Å². The molecule has 1 fully saturated rings. The molecule has 1 N–H and O–H groups in total. The van der Waals surface area contributed by atoms with Crippen molar-refractivity contribution in [1.29, 1.82) is 0 Å². The van der Waals surface area contributed by atoms with E-state index < -0.39 is 70.1 Å². The molecule has 0 spiro atoms. The third-order valence-corrected chi connectivity index (χ3v) is 8.39. The van der Waals surface area contributed by atoms with Crippen LogP contribution in [-0.2, 0) is 22.4 Å². The predicted molar refractivity (Wildman–Crippen MR) is 146 cm³/mol. The summed E-state index contributed by atoms with van der Waals surface area (Å²) in [5.74, 6) is -6.88. The lowest BCUT2D eigenvalue weighted by Gasteiger charge is -2.11. The van der Waals surface area contributed by atoms with Gasteiger partial charge in [-0.2, -0.15) is 0 Å². The summed E-state index contributed by atoms with van der Waals surface area (Å²) in [4.78, 5) is 37.3. The molecule has 13 heteroatoms. The summed E-state index contributed by atoms with van der Waals surface area (Å²) in [6.45, 7) is 0. The lowest BCUT2D eigenvalue weighted by molar-refractivity contribution is -0.128. The summed E-state index contributed by atoms with van der Waals surface area (Å²) in [6, 6.07) is 10.5. The summed E-state index contributed by atoms with van der Waals surface area (Å²) in [6.07, 6.45) is -5.21. The molecular formula is C27H16Cl5F4NO3. The second kappa shape index (κ2) is 11.9. The molecule has 0 saturated heterocycles. The Morgan fingerprint density at radius 3 is 2.20 bits per heavy atom. The Morgan fingerprint density at radius 1 is 0.875 bits per heavy atom. The molecule has 0 aromatic heterocycles. The molecule has 0 heterocycles. The van der Waals surface area contributed by atoms with Gasteiger partial charge in [-0.25, -0.2) is 17.6 Å². The molecule has 0 unspecified atom stereocenters. The molecule has 1 amide bonds. The molecule has 0 bridgehead atoms. The largest absolute Gasteiger partial charge is 0.326 e. The molecule has 1 saturated carbocycles. The van der Waals surface area contributed by atoms with Gasteiger partial charge in [-0.05, 0) is 47.5 Å². The number of rotatable bonds is 9. The minimum Gasteiger partial charge on any atom is -0.326 e. The van der Waals surface area contributed by atoms with Crippen LogP contribution in [0.4, 0.5) is 23.2 Å². The van der Waals surface area contributed by atoms with Gasteiger partial charge in [0.1, 0.15) is 16.0 Å². The number of alkyl halides is 4. The highest BCUT2D eigenvalue weighted by molar-refractivity contribution is 6.53. The quantitative estimate of drug-likeness (QED) is 0.144. The average molecular weight is 656 g/mol. The van der Waals surface area contributed by atoms with E-state index in [4.69, 9.17) is 58.0 Å². The molecule has 1 aliphatic rings. The molecule has 40 heavy (non-hydrogen) atoms. The van der Waals surface area contributed by atoms with E-state index in [9.17, 15) is 31.9 Å². The number of hydrogen-bond donors (Lipinski definition) is 1. The molecule has 2 atom stereocenters. The first-order valence-corrected chi connectivity index (χ1v) is 13.3. The maximum absolute atomic E-state index is 14.9. The van der Waals surface area contributed by atoms with Gasteiger partial charge in [0, 0.05) is 35.6 Å². The molecule has 210 valence electrons. The van der Waals surface area contributed by atoms with Crippen molar-refractivity contribution in [2.45, 2.75) is 29.5 Å². The minimum absolute atomic E-state index is 0.0252. The van der Waals surface area contributed by atoms with E-state index in [2.05, 4.69) is 5.32 Å². The third-order valence-electron chi connectivity index (χ3n) is 6.38. The van der Waals surface area contributed by atoms with Crippen molar-refractivity contribution in [2.24, 2.45) is 5.92 Å². The van der Waals surface area contributed by atoms with E-state index in [1.54, 1.807) is 18.2 Å². The van der Waals surface area contributed by atoms with Crippen LogP contribution in [0.15, 0.2) is 48.5 Å². The highest BCUT2D eigenvalue weighted by Crippen LogP contribution is 2.65. The van der Waals surface area contributed by atoms with Crippen LogP contribution in [0.5, 0.6) is 0 Å². The van der Waals surface area contributed by atoms with E-state index in [-0.39, 0.29) is 26.9 Å². The normalized spacial score (nSPS) is 17.6. The number of anilines is 1. The molecule has 0 aliphatic heterocycles. The van der Waals surface area contributed by atoms with Gasteiger partial charge >= 0.3 is 0 Å². The summed E-state index contributed by atoms with van der Waals surface area (Å²) >= 11 is 30.9. The lowest BCUT2D eigenvalue weighted by Crippen LogP contribution is -2.18. The van der Waals surface area contributed by atoms with Crippen LogP contribution in [0.3, 0.4) is 0 Å². The maximum atomic E-state index is 14.9. The van der Waals surface area contributed by atoms with Crippen LogP contribution < -0.4 is 5.32 Å². The first-order valence-electron chi connectivity index (χ1n) is 11.4. The third kappa shape index (κ3) is 6.26. The van der Waals surface area contributed by atoms with Crippen molar-refractivity contribution in [3.8, 4) is 0 Å². The summed E-state index contributed by atoms with van der Waals surface area (Å²) in [5.41, 5.74) is -0.542. The van der Waals surface area contributed by atoms with Gasteiger partial charge in [-0.3, -0.25) is 14.4 Å². The van der Waals surface area contributed by atoms with E-state index >= 15 is 0 Å². The molecule has 4 nitrogen and oxygen atoms in total. The standard InChI is InChI=1S/C27H16Cl5F4NO3/c28-16-5-3-13(37-26(40)23-22(27(23,31)32)11-1-4-17(29)18(30)7-11)9-14(16)20(38)8-12-2-6-19(33)15(24(12)34)10-21(39)25(35)36/h1-7,9,22-23,25H,8,10H2,(H,37,40)/t22-,23+/m0/s1. The zero-order chi connectivity index (χ0) is 29.5. The first kappa shape index (κ1) is 30.6. The van der Waals surface area contributed by atoms with Crippen LogP contribution in [0.2, 0.25) is 15.1 Å². The number of halogens is 9. The second-order valence-electron chi connectivity index (χ2n) is 9.03. The Hall–Kier alpha value is -2.36. The number of hydrogen-bond acceptors (Lipinski definition) is 3. The number of ketones is 2. The number of benzene rings is 3. The van der Waals surface area contributed by atoms with Crippen LogP contribution in [0.25, 0.3) is 0 Å². The summed E-state index contributed by atoms with van der Waals surface area (Å²) in [5, 5.41) is 3.18. The van der Waals surface area contributed by atoms with E-state index in [0.29, 0.717) is 10.6 Å². The van der Waals surface area contributed by atoms with Crippen LogP contribution in [-0.4, -0.2) is 28.2 Å². The van der Waals surface area contributed by atoms with Crippen molar-refractivity contribution in [3.05, 3.63) is 97.5 Å². The van der Waals surface area contributed by atoms with Gasteiger partial charge in [0.25, 0.3) is 6.43 Å². The van der Waals surface area contributed by atoms with Crippen molar-refractivity contribution >= 4 is 81.2 Å². The molecule has 1 aliphatic carbocycles. The number of carbonyl (C=O) groups excluding carboxylic acids is 3. The number of Topliss-reactive ketones (excluding diaryl/α,β-unsaturated/α-hetero) is 2. The fourth-order valence-corrected chi connectivity index (χ4v) is 5.63. The summed E-state index contributed by atoms with van der Waals surface area (Å²) < 4.78 is 52.7. The van der Waals surface area contributed by atoms with Gasteiger partial charge < -0.3 is 5.32 Å². The molecule has 3 aromatic rings. The maximum Gasteiger partial charge on any atom is 0.296 e. The van der Waals surface area contributed by atoms with Gasteiger partial charge in [0.05, 0.1) is 21.0 Å². The fourth-order valence-electron chi connectivity index (χ4n) is 4.27. The Bertz CT molecular complexity index is 1530. The number of amides is 1. The van der Waals surface area contributed by atoms with E-state index in [0.717, 1.165) is 12.1 Å². The number of carbonyl (C=O) groups is 3. The topological polar surface area (TPSA) is 63.2 Å². The highest BCUT2D eigenvalue weighted by atomic mass is 35.5. The van der Waals surface area contributed by atoms with Crippen molar-refractivity contribution in [2.75, 3.05) is 5.32 Å². The lowest BCUT2D eigenvalue weighted by atomic mass is 9.98. The SMILES string of the molecule is O=C(Cc1ccc(F)c(CC(=O)C(F)F)c1F)c1cc(NC(=O)[C@H]2[C@H](c3ccc(Cl)c(Cl)c3)C2(Cl)Cl)ccc1Cl. The van der Waals surface area contributed by atoms with Crippen molar-refractivity contribution < 1.29 is 31.9 Å². The molecule has 0 radical (unpaired) electrons. The van der Waals surface area contributed by atoms with E-state index in [1.165, 1.54) is 18.2 Å². The predicted octanol–water partition coefficient (Wildman–Crippen LogP) is 8.25. The Kier molecular flexibility index (Phi) is 9.07. The van der Waals surface area contributed by atoms with Gasteiger partial charge in [-0.15, -0.1) is 23.2 Å². The number of nitrogens with one attached hydrogen (secondary N) is 1. The van der Waals surface area contributed by atoms with E-state index in [1.807, 2.05) is 0 Å². The Morgan fingerprint density at radius 2 is 1.55 bits per heavy atom. The highest BCUT2D eigenvalue weighted by Gasteiger charge is 2.67. The molecule has 4 rings (SSSR count). The Balaban J connectivity index is 1.51. The van der Waals surface area contributed by atoms with Crippen molar-refractivity contribution in [1.82, 2.24) is 0 Å². The molecular weight excluding hydrogens is 640 g/mol. The molecule has 3 aromatic carbocycles. The van der Waals surface area contributed by atoms with Crippen molar-refractivity contribution in [3.63, 3.8) is 0 Å². The van der Waals surface area contributed by atoms with Crippen LogP contribution >= 0.6 is 58.0 Å². The zero-order valence-electron chi connectivity index (χ0n) is 19.9. The van der Waals surface area contributed by atoms with Crippen LogP contribution in [0, 0.1) is 17.6 Å². The summed E-state index contributed by atoms with van der Waals surface area (Å²) in [7, 11) is 0. The van der Waals surface area contributed by atoms with Gasteiger partial charge in [0.2, 0.25) is 11.7 Å². The monoisotopic (exact) mass is 653 g/mol. The van der Waals surface area contributed by atoms with Gasteiger partial charge in [-0.1, -0.05) is 46.9 Å². The smallest absolute Gasteiger partial charge is 0.296 e. The fraction of sp³-hybridized carbons (Fsp3) is 0.222. The first-order chi connectivity index (χ1) is 18.7. The average Bonchev–Trinajstić information content (AvgIpc) is 3.47. The second-order valence-corrected chi connectivity index (χ2v) is 11.7. The minimum atomic E-state index is -3.40. The zero-order valence-corrected chi connectivity index (χ0v) is 23.7. The Labute approximate surface area is 250 Å².